The van der Waals surface area contributed by atoms with Crippen molar-refractivity contribution in [2.24, 2.45) is 10.1 Å². The van der Waals surface area contributed by atoms with Crippen LogP contribution in [0.3, 0.4) is 0 Å². The van der Waals surface area contributed by atoms with Crippen molar-refractivity contribution in [3.8, 4) is 17.2 Å². The Morgan fingerprint density at radius 3 is 2.43 bits per heavy atom. The number of hydrogen-bond acceptors (Lipinski definition) is 7. The number of amides is 1. The summed E-state index contributed by atoms with van der Waals surface area (Å²) < 4.78 is 16.6. The molecule has 0 saturated carbocycles. The Bertz CT molecular complexity index is 1450. The first kappa shape index (κ1) is 24.3. The van der Waals surface area contributed by atoms with Crippen molar-refractivity contribution in [2.75, 3.05) is 20.3 Å². The van der Waals surface area contributed by atoms with Gasteiger partial charge in [0.25, 0.3) is 5.91 Å². The van der Waals surface area contributed by atoms with Gasteiger partial charge in [-0.1, -0.05) is 42.5 Å². The first-order chi connectivity index (χ1) is 18.0. The van der Waals surface area contributed by atoms with Crippen LogP contribution in [0.2, 0.25) is 0 Å². The molecule has 0 aromatic heterocycles. The molecule has 3 aromatic carbocycles. The molecule has 0 saturated heterocycles. The second kappa shape index (κ2) is 10.7. The summed E-state index contributed by atoms with van der Waals surface area (Å²) in [5.74, 6) is 1.66. The molecule has 2 heterocycles. The Labute approximate surface area is 218 Å². The molecule has 0 aliphatic carbocycles. The number of hydrazone groups is 1. The molecular weight excluding hydrogens is 488 g/mol. The smallest absolute Gasteiger partial charge is 0.283 e. The molecule has 0 fully saturated rings. The Balaban J connectivity index is 1.22. The summed E-state index contributed by atoms with van der Waals surface area (Å²) in [5, 5.41) is 15.7. The van der Waals surface area contributed by atoms with Gasteiger partial charge in [-0.2, -0.15) is 15.1 Å². The van der Waals surface area contributed by atoms with Crippen LogP contribution in [0.4, 0.5) is 0 Å². The molecule has 0 bridgehead atoms. The van der Waals surface area contributed by atoms with Gasteiger partial charge in [-0.3, -0.25) is 10.2 Å². The quantitative estimate of drug-likeness (QED) is 0.332. The third-order valence-electron chi connectivity index (χ3n) is 5.68. The number of carbonyl (C=O) groups excluding carboxylic acids is 1. The van der Waals surface area contributed by atoms with E-state index in [1.807, 2.05) is 79.7 Å². The van der Waals surface area contributed by atoms with E-state index in [9.17, 15) is 4.79 Å². The SMILES string of the molecule is COc1cccc(OCCOc2ccc(C=C3C(=N)N4N=C(c5ccccc5C)SC4=NC3=O)cc2)c1. The van der Waals surface area contributed by atoms with Crippen molar-refractivity contribution >= 4 is 39.8 Å². The largest absolute Gasteiger partial charge is 0.497 e. The zero-order chi connectivity index (χ0) is 25.8. The van der Waals surface area contributed by atoms with Gasteiger partial charge in [-0.05, 0) is 60.2 Å². The third kappa shape index (κ3) is 5.41. The number of nitrogens with zero attached hydrogens (tertiary/aromatic N) is 3. The van der Waals surface area contributed by atoms with Crippen molar-refractivity contribution in [1.82, 2.24) is 5.01 Å². The normalized spacial score (nSPS) is 15.8. The molecule has 8 nitrogen and oxygen atoms in total. The van der Waals surface area contributed by atoms with E-state index in [2.05, 4.69) is 10.1 Å². The number of hydrogen-bond donors (Lipinski definition) is 1. The van der Waals surface area contributed by atoms with Gasteiger partial charge in [-0.25, -0.2) is 0 Å². The van der Waals surface area contributed by atoms with Gasteiger partial charge in [0.15, 0.2) is 5.84 Å². The molecule has 5 rings (SSSR count). The first-order valence-electron chi connectivity index (χ1n) is 11.6. The van der Waals surface area contributed by atoms with Crippen LogP contribution in [0.1, 0.15) is 16.7 Å². The molecule has 186 valence electrons. The summed E-state index contributed by atoms with van der Waals surface area (Å²) in [6, 6.07) is 22.5. The molecule has 0 unspecified atom stereocenters. The van der Waals surface area contributed by atoms with Crippen LogP contribution in [0.25, 0.3) is 6.08 Å². The number of amidine groups is 2. The second-order valence-electron chi connectivity index (χ2n) is 8.19. The minimum absolute atomic E-state index is 0.00102. The predicted octanol–water partition coefficient (Wildman–Crippen LogP) is 5.13. The number of fused-ring (bicyclic) bond motifs is 1. The second-order valence-corrected chi connectivity index (χ2v) is 9.14. The van der Waals surface area contributed by atoms with Crippen molar-refractivity contribution in [3.05, 3.63) is 95.1 Å². The molecule has 2 aliphatic heterocycles. The molecule has 3 aromatic rings. The fourth-order valence-corrected chi connectivity index (χ4v) is 4.73. The number of carbonyl (C=O) groups is 1. The number of benzene rings is 3. The minimum Gasteiger partial charge on any atom is -0.497 e. The number of nitrogens with one attached hydrogen (secondary N) is 1. The molecule has 9 heteroatoms. The lowest BCUT2D eigenvalue weighted by molar-refractivity contribution is -0.114. The van der Waals surface area contributed by atoms with Gasteiger partial charge in [-0.15, -0.1) is 0 Å². The zero-order valence-corrected chi connectivity index (χ0v) is 21.1. The van der Waals surface area contributed by atoms with Crippen LogP contribution in [-0.4, -0.2) is 47.3 Å². The summed E-state index contributed by atoms with van der Waals surface area (Å²) in [5.41, 5.74) is 2.96. The maximum Gasteiger partial charge on any atom is 0.283 e. The number of aliphatic imine (C=N–C) groups is 1. The molecule has 1 amide bonds. The monoisotopic (exact) mass is 512 g/mol. The van der Waals surface area contributed by atoms with Gasteiger partial charge in [0.1, 0.15) is 35.5 Å². The van der Waals surface area contributed by atoms with Crippen LogP contribution in [0.5, 0.6) is 17.2 Å². The van der Waals surface area contributed by atoms with Crippen molar-refractivity contribution in [3.63, 3.8) is 0 Å². The predicted molar refractivity (Wildman–Crippen MR) is 146 cm³/mol. The van der Waals surface area contributed by atoms with E-state index < -0.39 is 5.91 Å². The van der Waals surface area contributed by atoms with Gasteiger partial charge < -0.3 is 14.2 Å². The number of aryl methyl sites for hydroxylation is 1. The van der Waals surface area contributed by atoms with E-state index in [1.54, 1.807) is 13.2 Å². The molecule has 37 heavy (non-hydrogen) atoms. The molecule has 0 radical (unpaired) electrons. The first-order valence-corrected chi connectivity index (χ1v) is 12.4. The maximum atomic E-state index is 12.7. The lowest BCUT2D eigenvalue weighted by Gasteiger charge is -2.20. The summed E-state index contributed by atoms with van der Waals surface area (Å²) in [6.45, 7) is 2.75. The fraction of sp³-hybridized carbons (Fsp3) is 0.143. The van der Waals surface area contributed by atoms with Crippen molar-refractivity contribution in [2.45, 2.75) is 6.92 Å². The summed E-state index contributed by atoms with van der Waals surface area (Å²) >= 11 is 1.29. The van der Waals surface area contributed by atoms with E-state index >= 15 is 0 Å². The highest BCUT2D eigenvalue weighted by molar-refractivity contribution is 8.27. The lowest BCUT2D eigenvalue weighted by atomic mass is 10.1. The fourth-order valence-electron chi connectivity index (χ4n) is 3.75. The van der Waals surface area contributed by atoms with E-state index in [1.165, 1.54) is 16.8 Å². The third-order valence-corrected chi connectivity index (χ3v) is 6.62. The Kier molecular flexibility index (Phi) is 7.04. The van der Waals surface area contributed by atoms with Gasteiger partial charge in [0, 0.05) is 11.6 Å². The van der Waals surface area contributed by atoms with Crippen LogP contribution in [0, 0.1) is 12.3 Å². The van der Waals surface area contributed by atoms with Crippen LogP contribution in [0.15, 0.2) is 88.5 Å². The topological polar surface area (TPSA) is 96.6 Å². The standard InChI is InChI=1S/C28H24N4O4S/c1-18-6-3-4-9-23(18)27-31-32-25(29)24(26(33)30-28(32)37-27)16-19-10-12-20(13-11-19)35-14-15-36-22-8-5-7-21(17-22)34-2/h3-13,16-17,29H,14-15H2,1-2H3. The Morgan fingerprint density at radius 1 is 0.946 bits per heavy atom. The zero-order valence-electron chi connectivity index (χ0n) is 20.3. The van der Waals surface area contributed by atoms with Crippen LogP contribution >= 0.6 is 11.8 Å². The molecule has 0 spiro atoms. The van der Waals surface area contributed by atoms with Gasteiger partial charge in [0.2, 0.25) is 5.17 Å². The highest BCUT2D eigenvalue weighted by Crippen LogP contribution is 2.32. The Morgan fingerprint density at radius 2 is 1.68 bits per heavy atom. The summed E-state index contributed by atoms with van der Waals surface area (Å²) in [6.07, 6.45) is 1.65. The van der Waals surface area contributed by atoms with Crippen molar-refractivity contribution in [1.29, 1.82) is 5.41 Å². The molecule has 1 N–H and O–H groups in total. The highest BCUT2D eigenvalue weighted by Gasteiger charge is 2.36. The average molecular weight is 513 g/mol. The van der Waals surface area contributed by atoms with E-state index in [-0.39, 0.29) is 11.4 Å². The lowest BCUT2D eigenvalue weighted by Crippen LogP contribution is -2.35. The Hall–Kier alpha value is -4.37. The van der Waals surface area contributed by atoms with Crippen LogP contribution < -0.4 is 14.2 Å². The number of ether oxygens (including phenoxy) is 3. The van der Waals surface area contributed by atoms with E-state index in [4.69, 9.17) is 19.6 Å². The molecular formula is C28H24N4O4S. The number of methoxy groups -OCH3 is 1. The van der Waals surface area contributed by atoms with E-state index in [0.29, 0.717) is 34.9 Å². The van der Waals surface area contributed by atoms with Crippen LogP contribution in [-0.2, 0) is 4.79 Å². The maximum absolute atomic E-state index is 12.7. The number of thioether (sulfide) groups is 1. The molecule has 0 atom stereocenters. The average Bonchev–Trinajstić information content (AvgIpc) is 3.34. The highest BCUT2D eigenvalue weighted by atomic mass is 32.2. The van der Waals surface area contributed by atoms with Gasteiger partial charge >= 0.3 is 0 Å². The van der Waals surface area contributed by atoms with Crippen molar-refractivity contribution < 1.29 is 19.0 Å². The molecule has 2 aliphatic rings. The van der Waals surface area contributed by atoms with Gasteiger partial charge in [0.05, 0.1) is 12.7 Å². The number of rotatable bonds is 8. The summed E-state index contributed by atoms with van der Waals surface area (Å²) in [7, 11) is 1.61. The summed E-state index contributed by atoms with van der Waals surface area (Å²) in [4.78, 5) is 16.9. The van der Waals surface area contributed by atoms with E-state index in [0.717, 1.165) is 22.4 Å². The minimum atomic E-state index is -0.458.